The maximum atomic E-state index is 13.8. The summed E-state index contributed by atoms with van der Waals surface area (Å²) < 4.78 is 12.4. The number of carbonyl (C=O) groups is 2. The van der Waals surface area contributed by atoms with Crippen LogP contribution in [0.1, 0.15) is 53.9 Å². The maximum absolute atomic E-state index is 13.8. The van der Waals surface area contributed by atoms with Gasteiger partial charge in [0.1, 0.15) is 17.8 Å². The predicted octanol–water partition coefficient (Wildman–Crippen LogP) is 1.17. The van der Waals surface area contributed by atoms with Crippen molar-refractivity contribution in [3.8, 4) is 0 Å². The first-order chi connectivity index (χ1) is 16.6. The van der Waals surface area contributed by atoms with Gasteiger partial charge in [-0.3, -0.25) is 14.5 Å². The molecule has 2 aliphatic heterocycles. The van der Waals surface area contributed by atoms with Crippen LogP contribution in [0, 0.1) is 16.7 Å². The van der Waals surface area contributed by atoms with Crippen LogP contribution in [0.25, 0.3) is 0 Å². The van der Waals surface area contributed by atoms with Gasteiger partial charge in [0.05, 0.1) is 18.2 Å². The van der Waals surface area contributed by atoms with Crippen molar-refractivity contribution in [2.24, 2.45) is 16.7 Å². The van der Waals surface area contributed by atoms with Crippen LogP contribution >= 0.6 is 12.4 Å². The van der Waals surface area contributed by atoms with Gasteiger partial charge in [0.2, 0.25) is 0 Å². The van der Waals surface area contributed by atoms with Crippen LogP contribution in [0.3, 0.4) is 0 Å². The molecule has 0 spiro atoms. The molecule has 3 N–H and O–H groups in total. The van der Waals surface area contributed by atoms with E-state index in [2.05, 4.69) is 11.5 Å². The first kappa shape index (κ1) is 30.5. The van der Waals surface area contributed by atoms with Crippen molar-refractivity contribution in [2.75, 3.05) is 39.8 Å². The monoisotopic (exact) mass is 544 g/mol. The van der Waals surface area contributed by atoms with E-state index in [0.29, 0.717) is 12.8 Å². The molecule has 2 aliphatic carbocycles. The molecule has 0 amide bonds. The number of ketones is 1. The first-order valence-electron chi connectivity index (χ1n) is 13.1. The van der Waals surface area contributed by atoms with E-state index >= 15 is 0 Å². The lowest BCUT2D eigenvalue weighted by atomic mass is 9.40. The molecule has 2 saturated carbocycles. The summed E-state index contributed by atoms with van der Waals surface area (Å²) in [4.78, 5) is 31.2. The Morgan fingerprint density at radius 3 is 2.32 bits per heavy atom. The number of hydrogen-bond acceptors (Lipinski definition) is 9. The Morgan fingerprint density at radius 2 is 1.76 bits per heavy atom. The lowest BCUT2D eigenvalue weighted by molar-refractivity contribution is -0.370. The molecule has 0 aromatic carbocycles. The first-order valence-corrected chi connectivity index (χ1v) is 13.1. The molecule has 37 heavy (non-hydrogen) atoms. The topological polar surface area (TPSA) is 120 Å². The minimum Gasteiger partial charge on any atom is -0.458 e. The smallest absolute Gasteiger partial charge is 0.320 e. The van der Waals surface area contributed by atoms with Crippen molar-refractivity contribution >= 4 is 24.2 Å². The Kier molecular flexibility index (Phi) is 8.10. The Balaban J connectivity index is 0.00000380. The molecule has 0 aromatic heterocycles. The lowest BCUT2D eigenvalue weighted by Crippen LogP contribution is -2.86. The highest BCUT2D eigenvalue weighted by Gasteiger charge is 2.81. The van der Waals surface area contributed by atoms with E-state index in [0.717, 1.165) is 26.2 Å². The van der Waals surface area contributed by atoms with E-state index in [1.54, 1.807) is 13.8 Å². The van der Waals surface area contributed by atoms with Crippen LogP contribution in [-0.2, 0) is 19.1 Å². The number of aliphatic hydroxyl groups excluding tert-OH is 2. The quantitative estimate of drug-likeness (QED) is 0.354. The molecule has 2 saturated heterocycles. The zero-order chi connectivity index (χ0) is 26.9. The van der Waals surface area contributed by atoms with Crippen molar-refractivity contribution < 1.29 is 34.4 Å². The van der Waals surface area contributed by atoms with E-state index < -0.39 is 63.6 Å². The van der Waals surface area contributed by atoms with Gasteiger partial charge in [-0.15, -0.1) is 19.0 Å². The van der Waals surface area contributed by atoms with E-state index in [4.69, 9.17) is 9.47 Å². The van der Waals surface area contributed by atoms with Gasteiger partial charge in [-0.05, 0) is 39.2 Å². The molecular weight excluding hydrogens is 500 g/mol. The maximum Gasteiger partial charge on any atom is 0.320 e. The average Bonchev–Trinajstić information content (AvgIpc) is 2.79. The molecule has 4 rings (SSSR count). The number of aliphatic hydroxyl groups is 3. The minimum atomic E-state index is -2.20. The van der Waals surface area contributed by atoms with Crippen LogP contribution < -0.4 is 0 Å². The van der Waals surface area contributed by atoms with Gasteiger partial charge in [0.15, 0.2) is 11.4 Å². The molecule has 0 bridgehead atoms. The lowest BCUT2D eigenvalue weighted by Gasteiger charge is -2.71. The van der Waals surface area contributed by atoms with Crippen LogP contribution in [0.4, 0.5) is 0 Å². The van der Waals surface area contributed by atoms with Crippen molar-refractivity contribution in [3.05, 3.63) is 12.7 Å². The molecule has 0 aromatic rings. The summed E-state index contributed by atoms with van der Waals surface area (Å²) >= 11 is 0. The van der Waals surface area contributed by atoms with Crippen LogP contribution in [-0.4, -0.2) is 112 Å². The van der Waals surface area contributed by atoms with Crippen molar-refractivity contribution in [1.82, 2.24) is 9.80 Å². The number of hydrogen-bond donors (Lipinski definition) is 3. The van der Waals surface area contributed by atoms with E-state index in [9.17, 15) is 24.9 Å². The third-order valence-corrected chi connectivity index (χ3v) is 9.95. The number of esters is 1. The van der Waals surface area contributed by atoms with Crippen molar-refractivity contribution in [1.29, 1.82) is 0 Å². The highest BCUT2D eigenvalue weighted by molar-refractivity contribution is 5.92. The van der Waals surface area contributed by atoms with Crippen LogP contribution in [0.15, 0.2) is 12.7 Å². The van der Waals surface area contributed by atoms with E-state index in [-0.39, 0.29) is 25.4 Å². The average molecular weight is 545 g/mol. The highest BCUT2D eigenvalue weighted by Crippen LogP contribution is 2.67. The molecule has 4 unspecified atom stereocenters. The molecule has 10 heteroatoms. The fourth-order valence-electron chi connectivity index (χ4n) is 7.78. The van der Waals surface area contributed by atoms with Crippen molar-refractivity contribution in [2.45, 2.75) is 89.0 Å². The SMILES string of the molecule is C=C[C@@]1(C)CC(=O)[C@]2(O)C3(C)C(C(OC(=O)CN4CCN(C)CC4)C(O)[C@@]2(C)O1)C(C)(C)CC[C@@H]3O.Cl. The number of carbonyl (C=O) groups excluding carboxylic acids is 2. The summed E-state index contributed by atoms with van der Waals surface area (Å²) in [5, 5.41) is 35.6. The second kappa shape index (κ2) is 9.84. The largest absolute Gasteiger partial charge is 0.458 e. The molecule has 4 aliphatic rings. The number of halogens is 1. The summed E-state index contributed by atoms with van der Waals surface area (Å²) in [6.45, 7) is 15.8. The number of likely N-dealkylation sites (N-methyl/N-ethyl adjacent to an activating group) is 1. The van der Waals surface area contributed by atoms with Gasteiger partial charge in [0.25, 0.3) is 0 Å². The van der Waals surface area contributed by atoms with Crippen molar-refractivity contribution in [3.63, 3.8) is 0 Å². The molecule has 9 nitrogen and oxygen atoms in total. The third-order valence-electron chi connectivity index (χ3n) is 9.95. The van der Waals surface area contributed by atoms with Gasteiger partial charge < -0.3 is 29.7 Å². The number of piperazine rings is 1. The molecule has 2 heterocycles. The van der Waals surface area contributed by atoms with Crippen LogP contribution in [0.5, 0.6) is 0 Å². The van der Waals surface area contributed by atoms with E-state index in [1.807, 2.05) is 25.8 Å². The standard InChI is InChI=1S/C27H44N2O7.ClH/c1-8-24(4)15-18(31)27(34)25(5)17(30)9-10-23(2,3)21(25)20(22(33)26(27,6)36-24)35-19(32)16-29-13-11-28(7)12-14-29;/h8,17,20-22,30,33-34H,1,9-16H2,2-7H3;1H/t17-,20?,21?,22?,24-,25?,26+,27-;/m0./s1. The van der Waals surface area contributed by atoms with Gasteiger partial charge in [-0.2, -0.15) is 0 Å². The summed E-state index contributed by atoms with van der Waals surface area (Å²) in [7, 11) is 2.04. The zero-order valence-electron chi connectivity index (χ0n) is 23.0. The Labute approximate surface area is 226 Å². The van der Waals surface area contributed by atoms with Gasteiger partial charge in [-0.25, -0.2) is 0 Å². The number of fused-ring (bicyclic) bond motifs is 3. The fraction of sp³-hybridized carbons (Fsp3) is 0.852. The summed E-state index contributed by atoms with van der Waals surface area (Å²) in [5.41, 5.74) is -7.16. The molecule has 8 atom stereocenters. The minimum absolute atomic E-state index is 0. The Bertz CT molecular complexity index is 924. The second-order valence-corrected chi connectivity index (χ2v) is 12.8. The van der Waals surface area contributed by atoms with Gasteiger partial charge >= 0.3 is 5.97 Å². The summed E-state index contributed by atoms with van der Waals surface area (Å²) in [6.07, 6.45) is -1.37. The van der Waals surface area contributed by atoms with Gasteiger partial charge in [0, 0.05) is 43.9 Å². The molecule has 212 valence electrons. The molecule has 0 radical (unpaired) electrons. The molecular formula is C27H45ClN2O7. The Morgan fingerprint density at radius 1 is 1.16 bits per heavy atom. The Hall–Kier alpha value is -1.07. The van der Waals surface area contributed by atoms with Gasteiger partial charge in [-0.1, -0.05) is 26.8 Å². The number of rotatable bonds is 4. The zero-order valence-corrected chi connectivity index (χ0v) is 23.8. The fourth-order valence-corrected chi connectivity index (χ4v) is 7.78. The highest BCUT2D eigenvalue weighted by atomic mass is 35.5. The second-order valence-electron chi connectivity index (χ2n) is 12.8. The number of ether oxygens (including phenoxy) is 2. The number of Topliss-reactive ketones (excluding diaryl/α,β-unsaturated/α-hetero) is 1. The number of nitrogens with zero attached hydrogens (tertiary/aromatic N) is 2. The van der Waals surface area contributed by atoms with Crippen LogP contribution in [0.2, 0.25) is 0 Å². The molecule has 4 fully saturated rings. The normalized spacial score (nSPS) is 46.2. The summed E-state index contributed by atoms with van der Waals surface area (Å²) in [6, 6.07) is 0. The van der Waals surface area contributed by atoms with E-state index in [1.165, 1.54) is 13.0 Å². The summed E-state index contributed by atoms with van der Waals surface area (Å²) in [5.74, 6) is -1.69. The third kappa shape index (κ3) is 4.39. The predicted molar refractivity (Wildman–Crippen MR) is 140 cm³/mol.